The fraction of sp³-hybridized carbons (Fsp3) is 0.403. The van der Waals surface area contributed by atoms with Crippen LogP contribution in [-0.4, -0.2) is 132 Å². The Balaban J connectivity index is 0.928. The van der Waals surface area contributed by atoms with Crippen LogP contribution >= 0.6 is 68.0 Å². The molecule has 0 spiro atoms. The Morgan fingerprint density at radius 2 is 1.44 bits per heavy atom. The Labute approximate surface area is 563 Å². The maximum absolute atomic E-state index is 14.0. The number of aliphatic carboxylic acids is 2. The number of benzene rings is 1. The summed E-state index contributed by atoms with van der Waals surface area (Å²) in [6, 6.07) is 9.76. The average molecular weight is 1400 g/mol. The molecule has 1 fully saturated rings. The zero-order valence-corrected chi connectivity index (χ0v) is 56.6. The van der Waals surface area contributed by atoms with Crippen molar-refractivity contribution in [2.24, 2.45) is 17.6 Å². The molecule has 1 aliphatic carbocycles. The van der Waals surface area contributed by atoms with E-state index in [1.165, 1.54) is 87.1 Å². The second-order valence-corrected chi connectivity index (χ2v) is 28.1. The summed E-state index contributed by atoms with van der Waals surface area (Å²) in [4.78, 5) is 138. The van der Waals surface area contributed by atoms with Gasteiger partial charge in [0.1, 0.15) is 88.3 Å². The monoisotopic (exact) mass is 1400 g/mol. The first-order chi connectivity index (χ1) is 45.2. The van der Waals surface area contributed by atoms with Gasteiger partial charge in [-0.3, -0.25) is 38.5 Å². The highest BCUT2D eigenvalue weighted by Gasteiger charge is 2.34. The topological polar surface area (TPSA) is 383 Å². The minimum Gasteiger partial charge on any atom is -0.481 e. The highest BCUT2D eigenvalue weighted by Crippen LogP contribution is 2.40. The van der Waals surface area contributed by atoms with E-state index in [1.807, 2.05) is 13.8 Å². The lowest BCUT2D eigenvalue weighted by atomic mass is 9.87. The molecule has 0 bridgehead atoms. The summed E-state index contributed by atoms with van der Waals surface area (Å²) in [6.45, 7) is 5.20. The largest absolute Gasteiger partial charge is 0.481 e. The van der Waals surface area contributed by atoms with Crippen LogP contribution in [0.4, 0.5) is 10.6 Å². The SMILES string of the molecule is CNC(=O)C[C@H](N)c1nc(C(=O)NC(c2nc(C(=O)NCC(=O)N[C@H](c3nc(-c4nc(-c5nc(-c6nc(N(CCCCCCC(=O)O)C(=O)O[C@H]7CC[C@H](C(=O)O)CC7)cs6)ccc5-c5nc(C=O)cs5)cs4)cs3)[C@@H](O)c3ccccc3)c(COC)s2)C(C)C)c(C)s1. The number of aryl methyl sites for hydroxylation is 1. The van der Waals surface area contributed by atoms with Gasteiger partial charge in [-0.2, -0.15) is 0 Å². The number of carboxylic acid groups (broad SMARTS) is 2. The number of hydrogen-bond acceptors (Lipinski definition) is 25. The van der Waals surface area contributed by atoms with Gasteiger partial charge in [0.15, 0.2) is 6.29 Å². The van der Waals surface area contributed by atoms with Crippen LogP contribution in [0.3, 0.4) is 0 Å². The van der Waals surface area contributed by atoms with Crippen molar-refractivity contribution in [3.05, 3.63) is 111 Å². The fourth-order valence-corrected chi connectivity index (χ4v) is 15.6. The number of hydrogen-bond donors (Lipinski definition) is 8. The van der Waals surface area contributed by atoms with Crippen molar-refractivity contribution in [1.29, 1.82) is 0 Å². The zero-order valence-electron chi connectivity index (χ0n) is 51.7. The molecule has 0 radical (unpaired) electrons. The van der Waals surface area contributed by atoms with Gasteiger partial charge in [0.05, 0.1) is 41.7 Å². The van der Waals surface area contributed by atoms with Gasteiger partial charge in [-0.15, -0.1) is 68.0 Å². The molecule has 26 nitrogen and oxygen atoms in total. The summed E-state index contributed by atoms with van der Waals surface area (Å²) < 4.78 is 11.4. The molecule has 7 aromatic heterocycles. The molecule has 94 heavy (non-hydrogen) atoms. The third-order valence-electron chi connectivity index (χ3n) is 15.2. The number of aldehydes is 1. The Hall–Kier alpha value is -8.21. The molecule has 7 heterocycles. The van der Waals surface area contributed by atoms with E-state index in [0.29, 0.717) is 137 Å². The van der Waals surface area contributed by atoms with E-state index in [-0.39, 0.29) is 54.9 Å². The van der Waals surface area contributed by atoms with Crippen LogP contribution in [0.15, 0.2) is 64.0 Å². The van der Waals surface area contributed by atoms with E-state index in [9.17, 15) is 48.6 Å². The third kappa shape index (κ3) is 17.8. The van der Waals surface area contributed by atoms with Gasteiger partial charge in [0.25, 0.3) is 11.8 Å². The molecule has 8 aromatic rings. The number of amides is 5. The average Bonchev–Trinajstić information content (AvgIpc) is 1.60. The summed E-state index contributed by atoms with van der Waals surface area (Å²) in [7, 11) is 2.97. The summed E-state index contributed by atoms with van der Waals surface area (Å²) in [5.41, 5.74) is 9.33. The number of carbonyl (C=O) groups excluding carboxylic acids is 6. The first-order valence-corrected chi connectivity index (χ1v) is 35.1. The van der Waals surface area contributed by atoms with Crippen molar-refractivity contribution in [3.63, 3.8) is 0 Å². The number of aliphatic hydroxyl groups excluding tert-OH is 1. The van der Waals surface area contributed by atoms with Gasteiger partial charge in [-0.25, -0.2) is 39.7 Å². The van der Waals surface area contributed by atoms with Crippen LogP contribution < -0.4 is 31.9 Å². The zero-order chi connectivity index (χ0) is 67.2. The number of carbonyl (C=O) groups is 8. The predicted octanol–water partition coefficient (Wildman–Crippen LogP) is 9.96. The van der Waals surface area contributed by atoms with Crippen molar-refractivity contribution in [3.8, 4) is 43.4 Å². The number of ether oxygens (including phenoxy) is 2. The second kappa shape index (κ2) is 32.8. The highest BCUT2D eigenvalue weighted by molar-refractivity contribution is 7.15. The van der Waals surface area contributed by atoms with Crippen molar-refractivity contribution in [2.45, 2.75) is 122 Å². The van der Waals surface area contributed by atoms with Crippen LogP contribution in [0.2, 0.25) is 0 Å². The smallest absolute Gasteiger partial charge is 0.415 e. The van der Waals surface area contributed by atoms with Gasteiger partial charge in [0.2, 0.25) is 11.8 Å². The van der Waals surface area contributed by atoms with Gasteiger partial charge in [-0.05, 0) is 69.1 Å². The van der Waals surface area contributed by atoms with Crippen molar-refractivity contribution < 1.29 is 63.1 Å². The fourth-order valence-electron chi connectivity index (χ4n) is 10.2. The van der Waals surface area contributed by atoms with E-state index in [0.717, 1.165) is 0 Å². The van der Waals surface area contributed by atoms with Crippen molar-refractivity contribution in [2.75, 3.05) is 32.1 Å². The number of rotatable bonds is 31. The summed E-state index contributed by atoms with van der Waals surface area (Å²) >= 11 is 7.32. The summed E-state index contributed by atoms with van der Waals surface area (Å²) in [5.74, 6) is -4.25. The Kier molecular flexibility index (Phi) is 24.4. The molecule has 9 N–H and O–H groups in total. The van der Waals surface area contributed by atoms with E-state index in [2.05, 4.69) is 36.2 Å². The number of unbranched alkanes of at least 4 members (excludes halogenated alkanes) is 3. The minimum absolute atomic E-state index is 0.00178. The summed E-state index contributed by atoms with van der Waals surface area (Å²) in [6.07, 6.45) is 2.18. The summed E-state index contributed by atoms with van der Waals surface area (Å²) in [5, 5.41) is 51.2. The van der Waals surface area contributed by atoms with Crippen LogP contribution in [0.25, 0.3) is 43.4 Å². The first kappa shape index (κ1) is 70.1. The predicted molar refractivity (Wildman–Crippen MR) is 357 cm³/mol. The maximum atomic E-state index is 14.0. The lowest BCUT2D eigenvalue weighted by Crippen LogP contribution is -2.40. The Bertz CT molecular complexity index is 3990. The van der Waals surface area contributed by atoms with Crippen molar-refractivity contribution >= 4 is 122 Å². The Morgan fingerprint density at radius 1 is 0.723 bits per heavy atom. The van der Waals surface area contributed by atoms with Gasteiger partial charge in [-0.1, -0.05) is 57.0 Å². The number of nitrogens with one attached hydrogen (secondary N) is 4. The number of thiazole rings is 6. The normalized spacial score (nSPS) is 15.1. The number of carboxylic acids is 2. The van der Waals surface area contributed by atoms with Gasteiger partial charge < -0.3 is 51.8 Å². The minimum atomic E-state index is -1.31. The lowest BCUT2D eigenvalue weighted by Gasteiger charge is -2.28. The number of nitrogens with zero attached hydrogens (tertiary/aromatic N) is 8. The number of methoxy groups -OCH3 is 1. The molecule has 4 atom stereocenters. The number of anilines is 1. The first-order valence-electron chi connectivity index (χ1n) is 30.0. The molecule has 1 saturated carbocycles. The molecular formula is C62H69N13O13S6. The van der Waals surface area contributed by atoms with Crippen molar-refractivity contribution in [1.82, 2.24) is 56.2 Å². The molecular weight excluding hydrogens is 1330 g/mol. The molecule has 1 unspecified atom stereocenters. The molecule has 496 valence electrons. The van der Waals surface area contributed by atoms with E-state index >= 15 is 0 Å². The number of pyridine rings is 1. The van der Waals surface area contributed by atoms with Crippen LogP contribution in [-0.2, 0) is 35.3 Å². The van der Waals surface area contributed by atoms with Gasteiger partial charge >= 0.3 is 18.0 Å². The lowest BCUT2D eigenvalue weighted by molar-refractivity contribution is -0.143. The number of nitrogens with two attached hydrogens (primary N) is 1. The highest BCUT2D eigenvalue weighted by atomic mass is 32.1. The molecule has 1 aromatic carbocycles. The van der Waals surface area contributed by atoms with E-state index in [4.69, 9.17) is 40.2 Å². The third-order valence-corrected chi connectivity index (χ3v) is 20.9. The molecule has 0 saturated heterocycles. The standard InChI is InChI=1S/C62H69N13O13S6/c1-31(2)47(72-54(83)48-32(3)93-56(73-48)38(63)23-44(77)64-4)60-74-50(42(94-60)26-87-5)53(82)65-24-45(78)71-51(52(81)33-13-9-8-10-14-33)59-69-41(29-91-59)58-68-40(28-90-58)49-37(55-66-35(25-76)27-89-55)20-21-39(67-49)57-70-43(30-92-57)75(22-12-7-6-11-15-46(79)80)62(86)88-36-18-16-34(17-19-36)61(84)85/h8-10,13-14,20-21,25,27-31,34,36,38,47,51-52,81H,6-7,11-12,15-19,22-24,26,63H2,1-5H3,(H,64,77)(H,65,82)(H,71,78)(H,72,83)(H,79,80)(H,84,85)/t34-,36-,38-,47?,51-,52-/m0/s1. The molecule has 1 aliphatic rings. The second-order valence-electron chi connectivity index (χ2n) is 22.3. The van der Waals surface area contributed by atoms with E-state index in [1.54, 1.807) is 70.9 Å². The van der Waals surface area contributed by atoms with Crippen LogP contribution in [0.5, 0.6) is 0 Å². The molecule has 32 heteroatoms. The maximum Gasteiger partial charge on any atom is 0.415 e. The van der Waals surface area contributed by atoms with Gasteiger partial charge in [0, 0.05) is 65.5 Å². The molecule has 9 rings (SSSR count). The van der Waals surface area contributed by atoms with E-state index < -0.39 is 78.5 Å². The molecule has 5 amide bonds. The van der Waals surface area contributed by atoms with Crippen LogP contribution in [0.1, 0.15) is 164 Å². The number of aromatic nitrogens is 7. The molecule has 0 aliphatic heterocycles. The Morgan fingerprint density at radius 3 is 2.14 bits per heavy atom. The van der Waals surface area contributed by atoms with Crippen LogP contribution in [0, 0.1) is 18.8 Å². The number of aliphatic hydroxyl groups is 1. The quantitative estimate of drug-likeness (QED) is 0.0148.